The van der Waals surface area contributed by atoms with Crippen LogP contribution in [0.3, 0.4) is 0 Å². The maximum Gasteiger partial charge on any atom is 0.323 e. The summed E-state index contributed by atoms with van der Waals surface area (Å²) in [5.74, 6) is -2.32. The summed E-state index contributed by atoms with van der Waals surface area (Å²) in [5, 5.41) is 31.8. The fourth-order valence-corrected chi connectivity index (χ4v) is 7.91. The zero-order chi connectivity index (χ0) is 25.8. The Hall–Kier alpha value is -2.10. The topological polar surface area (TPSA) is 164 Å². The number of hydrogen-bond acceptors (Lipinski definition) is 8. The molecule has 0 amide bonds. The number of carbonyl (C=O) groups excluding carboxylic acids is 3. The van der Waals surface area contributed by atoms with E-state index in [1.807, 2.05) is 6.92 Å². The van der Waals surface area contributed by atoms with Gasteiger partial charge in [-0.05, 0) is 74.2 Å². The van der Waals surface area contributed by atoms with Crippen LogP contribution >= 0.6 is 0 Å². The summed E-state index contributed by atoms with van der Waals surface area (Å²) in [6, 6.07) is -1.16. The number of aliphatic hydroxyl groups is 2. The Balaban J connectivity index is 1.49. The Morgan fingerprint density at radius 3 is 2.60 bits per heavy atom. The van der Waals surface area contributed by atoms with Crippen LogP contribution in [-0.4, -0.2) is 63.2 Å². The van der Waals surface area contributed by atoms with Gasteiger partial charge in [0, 0.05) is 18.3 Å². The third-order valence-corrected chi connectivity index (χ3v) is 9.83. The first-order valence-electron chi connectivity index (χ1n) is 12.6. The molecule has 194 valence electrons. The van der Waals surface area contributed by atoms with Crippen molar-refractivity contribution in [3.8, 4) is 0 Å². The second-order valence-electron chi connectivity index (χ2n) is 11.5. The fraction of sp³-hybridized carbons (Fsp3) is 0.769. The molecule has 9 nitrogen and oxygen atoms in total. The highest BCUT2D eigenvalue weighted by atomic mass is 16.5. The van der Waals surface area contributed by atoms with Gasteiger partial charge in [0.05, 0.1) is 6.10 Å². The van der Waals surface area contributed by atoms with Crippen LogP contribution in [0.4, 0.5) is 0 Å². The summed E-state index contributed by atoms with van der Waals surface area (Å²) in [6.45, 7) is 3.36. The highest BCUT2D eigenvalue weighted by Gasteiger charge is 2.68. The first kappa shape index (κ1) is 26.0. The van der Waals surface area contributed by atoms with Gasteiger partial charge < -0.3 is 25.8 Å². The van der Waals surface area contributed by atoms with Crippen molar-refractivity contribution in [3.05, 3.63) is 11.6 Å². The SMILES string of the molecule is CC12CCC(=O)C=C1CCC1C2C(O)CC2(C)C1CC[C@]2(O)C(=O)COC(=O)[C@H](N)CCC(=O)O. The van der Waals surface area contributed by atoms with E-state index in [9.17, 15) is 29.4 Å². The maximum atomic E-state index is 13.2. The van der Waals surface area contributed by atoms with E-state index in [0.717, 1.165) is 18.4 Å². The van der Waals surface area contributed by atoms with Crippen LogP contribution in [0.25, 0.3) is 0 Å². The number of Topliss-reactive ketones (excluding diaryl/α,β-unsaturated/α-hetero) is 1. The number of aliphatic carboxylic acids is 1. The van der Waals surface area contributed by atoms with Gasteiger partial charge in [0.15, 0.2) is 12.4 Å². The van der Waals surface area contributed by atoms with Crippen molar-refractivity contribution in [2.45, 2.75) is 89.4 Å². The molecule has 0 saturated heterocycles. The molecule has 0 aliphatic heterocycles. The molecular formula is C26H37NO8. The van der Waals surface area contributed by atoms with E-state index in [4.69, 9.17) is 15.6 Å². The summed E-state index contributed by atoms with van der Waals surface area (Å²) >= 11 is 0. The first-order valence-corrected chi connectivity index (χ1v) is 12.6. The number of ketones is 2. The minimum Gasteiger partial charge on any atom is -0.481 e. The molecule has 0 heterocycles. The van der Waals surface area contributed by atoms with Crippen LogP contribution in [-0.2, 0) is 23.9 Å². The van der Waals surface area contributed by atoms with Gasteiger partial charge in [-0.25, -0.2) is 0 Å². The number of fused-ring (bicyclic) bond motifs is 5. The average molecular weight is 492 g/mol. The van der Waals surface area contributed by atoms with Crippen LogP contribution < -0.4 is 5.73 Å². The van der Waals surface area contributed by atoms with Gasteiger partial charge in [-0.1, -0.05) is 19.4 Å². The van der Waals surface area contributed by atoms with Crippen molar-refractivity contribution in [3.63, 3.8) is 0 Å². The first-order chi connectivity index (χ1) is 16.3. The predicted molar refractivity (Wildman–Crippen MR) is 124 cm³/mol. The molecule has 0 aromatic carbocycles. The largest absolute Gasteiger partial charge is 0.481 e. The third-order valence-electron chi connectivity index (χ3n) is 9.83. The van der Waals surface area contributed by atoms with E-state index in [0.29, 0.717) is 19.3 Å². The van der Waals surface area contributed by atoms with Crippen molar-refractivity contribution >= 4 is 23.5 Å². The van der Waals surface area contributed by atoms with Crippen LogP contribution in [0.5, 0.6) is 0 Å². The molecule has 0 aromatic heterocycles. The molecular weight excluding hydrogens is 454 g/mol. The number of carboxylic acids is 1. The number of carbonyl (C=O) groups is 4. The fourth-order valence-electron chi connectivity index (χ4n) is 7.91. The van der Waals surface area contributed by atoms with E-state index in [-0.39, 0.29) is 54.6 Å². The van der Waals surface area contributed by atoms with Gasteiger partial charge in [-0.3, -0.25) is 19.2 Å². The Labute approximate surface area is 205 Å². The third kappa shape index (κ3) is 4.15. The maximum absolute atomic E-state index is 13.2. The normalized spacial score (nSPS) is 41.2. The Morgan fingerprint density at radius 2 is 1.91 bits per heavy atom. The number of esters is 1. The highest BCUT2D eigenvalue weighted by molar-refractivity contribution is 5.92. The molecule has 5 N–H and O–H groups in total. The number of rotatable bonds is 7. The van der Waals surface area contributed by atoms with E-state index in [1.165, 1.54) is 0 Å². The molecule has 0 bridgehead atoms. The molecule has 4 aliphatic carbocycles. The number of carboxylic acid groups (broad SMARTS) is 1. The smallest absolute Gasteiger partial charge is 0.323 e. The lowest BCUT2D eigenvalue weighted by Crippen LogP contribution is -2.62. The molecule has 35 heavy (non-hydrogen) atoms. The van der Waals surface area contributed by atoms with E-state index < -0.39 is 47.5 Å². The zero-order valence-corrected chi connectivity index (χ0v) is 20.5. The molecule has 4 aliphatic rings. The number of ether oxygens (including phenoxy) is 1. The summed E-state index contributed by atoms with van der Waals surface area (Å²) < 4.78 is 5.06. The van der Waals surface area contributed by atoms with Crippen LogP contribution in [0.15, 0.2) is 11.6 Å². The van der Waals surface area contributed by atoms with Crippen LogP contribution in [0.2, 0.25) is 0 Å². The lowest BCUT2D eigenvalue weighted by molar-refractivity contribution is -0.184. The van der Waals surface area contributed by atoms with Gasteiger partial charge in [-0.2, -0.15) is 0 Å². The Kier molecular flexibility index (Phi) is 6.74. The molecule has 0 spiro atoms. The van der Waals surface area contributed by atoms with E-state index in [1.54, 1.807) is 6.08 Å². The van der Waals surface area contributed by atoms with Crippen molar-refractivity contribution in [2.75, 3.05) is 6.61 Å². The molecule has 3 saturated carbocycles. The number of allylic oxidation sites excluding steroid dienone is 1. The summed E-state index contributed by atoms with van der Waals surface area (Å²) in [5.41, 5.74) is 3.91. The van der Waals surface area contributed by atoms with Gasteiger partial charge in [0.1, 0.15) is 11.6 Å². The van der Waals surface area contributed by atoms with E-state index in [2.05, 4.69) is 6.92 Å². The van der Waals surface area contributed by atoms with Gasteiger partial charge >= 0.3 is 11.9 Å². The standard InChI is InChI=1S/C26H37NO8/c1-24-9-7-15(28)11-14(24)3-4-16-17-8-10-26(34,25(17,2)12-19(29)22(16)24)20(30)13-35-23(33)18(27)5-6-21(31)32/h11,16-19,22,29,34H,3-10,12-13,27H2,1-2H3,(H,31,32)/t16?,17?,18-,19?,22?,24?,25?,26+/m1/s1. The van der Waals surface area contributed by atoms with Gasteiger partial charge in [0.2, 0.25) is 5.78 Å². The summed E-state index contributed by atoms with van der Waals surface area (Å²) in [4.78, 5) is 48.1. The molecule has 4 rings (SSSR count). The van der Waals surface area contributed by atoms with Crippen LogP contribution in [0.1, 0.15) is 71.6 Å². The monoisotopic (exact) mass is 491 g/mol. The molecule has 3 fully saturated rings. The molecule has 0 radical (unpaired) electrons. The van der Waals surface area contributed by atoms with Gasteiger partial charge in [0.25, 0.3) is 0 Å². The van der Waals surface area contributed by atoms with Crippen molar-refractivity contribution in [1.82, 2.24) is 0 Å². The molecule has 9 heteroatoms. The van der Waals surface area contributed by atoms with Gasteiger partial charge in [-0.15, -0.1) is 0 Å². The zero-order valence-electron chi connectivity index (χ0n) is 20.5. The average Bonchev–Trinajstić information content (AvgIpc) is 3.06. The Bertz CT molecular complexity index is 961. The Morgan fingerprint density at radius 1 is 1.20 bits per heavy atom. The highest BCUT2D eigenvalue weighted by Crippen LogP contribution is 2.67. The minimum atomic E-state index is -1.74. The second kappa shape index (κ2) is 9.09. The number of hydrogen-bond donors (Lipinski definition) is 4. The summed E-state index contributed by atoms with van der Waals surface area (Å²) in [6.07, 6.45) is 4.51. The van der Waals surface area contributed by atoms with Crippen LogP contribution in [0, 0.1) is 28.6 Å². The minimum absolute atomic E-state index is 0.0226. The molecule has 8 atom stereocenters. The lowest BCUT2D eigenvalue weighted by Gasteiger charge is -2.60. The molecule has 6 unspecified atom stereocenters. The summed E-state index contributed by atoms with van der Waals surface area (Å²) in [7, 11) is 0. The molecule has 0 aromatic rings. The quantitative estimate of drug-likeness (QED) is 0.386. The number of nitrogens with two attached hydrogens (primary N) is 1. The van der Waals surface area contributed by atoms with Crippen molar-refractivity contribution < 1.29 is 39.2 Å². The van der Waals surface area contributed by atoms with E-state index >= 15 is 0 Å². The predicted octanol–water partition coefficient (Wildman–Crippen LogP) is 1.52. The lowest BCUT2D eigenvalue weighted by atomic mass is 9.45. The second-order valence-corrected chi connectivity index (χ2v) is 11.5. The van der Waals surface area contributed by atoms with Crippen molar-refractivity contribution in [1.29, 1.82) is 0 Å². The number of aliphatic hydroxyl groups excluding tert-OH is 1. The van der Waals surface area contributed by atoms with Crippen molar-refractivity contribution in [2.24, 2.45) is 34.3 Å².